The highest BCUT2D eigenvalue weighted by Crippen LogP contribution is 2.34. The van der Waals surface area contributed by atoms with Crippen molar-refractivity contribution in [1.29, 1.82) is 0 Å². The van der Waals surface area contributed by atoms with E-state index in [1.54, 1.807) is 19.2 Å². The highest BCUT2D eigenvalue weighted by molar-refractivity contribution is 6.39. The van der Waals surface area contributed by atoms with E-state index in [-0.39, 0.29) is 0 Å². The van der Waals surface area contributed by atoms with E-state index in [0.717, 1.165) is 0 Å². The molecule has 0 aliphatic carbocycles. The second-order valence-electron chi connectivity index (χ2n) is 4.57. The molecule has 2 aromatic rings. The predicted molar refractivity (Wildman–Crippen MR) is 78.8 cm³/mol. The van der Waals surface area contributed by atoms with E-state index in [9.17, 15) is 0 Å². The number of methoxy groups -OCH3 is 1. The Kier molecular flexibility index (Phi) is 4.22. The molecule has 20 heavy (non-hydrogen) atoms. The van der Waals surface area contributed by atoms with Gasteiger partial charge in [0.2, 0.25) is 5.82 Å². The number of anilines is 1. The fourth-order valence-corrected chi connectivity index (χ4v) is 2.14. The molecule has 1 heterocycles. The molecule has 5 nitrogen and oxygen atoms in total. The quantitative estimate of drug-likeness (QED) is 0.866. The summed E-state index contributed by atoms with van der Waals surface area (Å²) in [4.78, 5) is 4.35. The molecule has 1 atom stereocenters. The van der Waals surface area contributed by atoms with Crippen LogP contribution < -0.4 is 5.73 Å². The molecule has 0 fully saturated rings. The molecule has 1 aromatic heterocycles. The fraction of sp³-hybridized carbons (Fsp3) is 0.385. The van der Waals surface area contributed by atoms with Crippen molar-refractivity contribution in [1.82, 2.24) is 10.1 Å². The zero-order chi connectivity index (χ0) is 14.9. The van der Waals surface area contributed by atoms with Crippen LogP contribution in [0.3, 0.4) is 0 Å². The lowest BCUT2D eigenvalue weighted by atomic mass is 10.0. The second-order valence-corrected chi connectivity index (χ2v) is 5.38. The van der Waals surface area contributed by atoms with Gasteiger partial charge in [-0.1, -0.05) is 35.3 Å². The lowest BCUT2D eigenvalue weighted by molar-refractivity contribution is -0.0106. The van der Waals surface area contributed by atoms with Crippen LogP contribution in [0.5, 0.6) is 0 Å². The maximum absolute atomic E-state index is 6.00. The van der Waals surface area contributed by atoms with Crippen molar-refractivity contribution in [3.8, 4) is 11.5 Å². The molecule has 108 valence electrons. The molecular formula is C13H15Cl2N3O2. The van der Waals surface area contributed by atoms with Gasteiger partial charge in [0.1, 0.15) is 5.60 Å². The highest BCUT2D eigenvalue weighted by atomic mass is 35.5. The molecule has 1 unspecified atom stereocenters. The molecule has 0 aliphatic heterocycles. The minimum Gasteiger partial charge on any atom is -0.396 e. The number of benzene rings is 1. The summed E-state index contributed by atoms with van der Waals surface area (Å²) in [6.45, 7) is 3.88. The summed E-state index contributed by atoms with van der Waals surface area (Å²) < 4.78 is 10.7. The van der Waals surface area contributed by atoms with Crippen molar-refractivity contribution in [3.05, 3.63) is 28.0 Å². The van der Waals surface area contributed by atoms with Gasteiger partial charge in [0.05, 0.1) is 15.7 Å². The Morgan fingerprint density at radius 1 is 1.35 bits per heavy atom. The van der Waals surface area contributed by atoms with Crippen molar-refractivity contribution < 1.29 is 9.26 Å². The molecule has 0 radical (unpaired) electrons. The van der Waals surface area contributed by atoms with Crippen LogP contribution >= 0.6 is 23.2 Å². The van der Waals surface area contributed by atoms with Gasteiger partial charge in [-0.05, 0) is 25.5 Å². The number of nitrogens with two attached hydrogens (primary N) is 1. The van der Waals surface area contributed by atoms with E-state index >= 15 is 0 Å². The molecule has 2 rings (SSSR count). The summed E-state index contributed by atoms with van der Waals surface area (Å²) in [6, 6.07) is 3.27. The number of rotatable bonds is 4. The summed E-state index contributed by atoms with van der Waals surface area (Å²) in [5.74, 6) is 0.794. The van der Waals surface area contributed by atoms with Crippen molar-refractivity contribution in [2.75, 3.05) is 12.8 Å². The Bertz CT molecular complexity index is 601. The van der Waals surface area contributed by atoms with Crippen LogP contribution in [0.15, 0.2) is 16.7 Å². The monoisotopic (exact) mass is 315 g/mol. The first-order chi connectivity index (χ1) is 9.41. The number of nitrogen functional groups attached to an aromatic ring is 1. The Labute approximate surface area is 127 Å². The molecule has 0 aliphatic rings. The van der Waals surface area contributed by atoms with Gasteiger partial charge < -0.3 is 15.0 Å². The molecule has 7 heteroatoms. The van der Waals surface area contributed by atoms with Crippen LogP contribution in [-0.4, -0.2) is 17.3 Å². The molecule has 0 bridgehead atoms. The molecule has 0 saturated heterocycles. The third-order valence-electron chi connectivity index (χ3n) is 3.35. The maximum atomic E-state index is 6.00. The van der Waals surface area contributed by atoms with Crippen LogP contribution in [0.4, 0.5) is 5.69 Å². The van der Waals surface area contributed by atoms with Crippen LogP contribution in [0.2, 0.25) is 10.0 Å². The average molecular weight is 316 g/mol. The van der Waals surface area contributed by atoms with Crippen molar-refractivity contribution >= 4 is 28.9 Å². The van der Waals surface area contributed by atoms with Crippen LogP contribution in [-0.2, 0) is 10.3 Å². The Morgan fingerprint density at radius 3 is 2.45 bits per heavy atom. The summed E-state index contributed by atoms with van der Waals surface area (Å²) in [5.41, 5.74) is 6.04. The van der Waals surface area contributed by atoms with E-state index in [4.69, 9.17) is 38.2 Å². The first-order valence-electron chi connectivity index (χ1n) is 6.05. The lowest BCUT2D eigenvalue weighted by Gasteiger charge is -2.21. The van der Waals surface area contributed by atoms with E-state index in [2.05, 4.69) is 10.1 Å². The normalized spacial score (nSPS) is 14.2. The smallest absolute Gasteiger partial charge is 0.258 e. The minimum absolute atomic E-state index is 0.320. The number of halogens is 2. The summed E-state index contributed by atoms with van der Waals surface area (Å²) in [6.07, 6.45) is 0.714. The number of hydrogen-bond donors (Lipinski definition) is 1. The van der Waals surface area contributed by atoms with Gasteiger partial charge in [0.15, 0.2) is 0 Å². The first kappa shape index (κ1) is 15.1. The SMILES string of the molecule is CCC(C)(OC)c1noc(-c2cc(Cl)c(N)c(Cl)c2)n1. The van der Waals surface area contributed by atoms with E-state index in [0.29, 0.717) is 39.4 Å². The van der Waals surface area contributed by atoms with Gasteiger partial charge in [-0.3, -0.25) is 0 Å². The number of aromatic nitrogens is 2. The van der Waals surface area contributed by atoms with Gasteiger partial charge in [0, 0.05) is 12.7 Å². The fourth-order valence-electron chi connectivity index (χ4n) is 1.66. The van der Waals surface area contributed by atoms with E-state index < -0.39 is 5.60 Å². The largest absolute Gasteiger partial charge is 0.396 e. The second kappa shape index (κ2) is 5.60. The topological polar surface area (TPSA) is 74.2 Å². The third kappa shape index (κ3) is 2.61. The van der Waals surface area contributed by atoms with Gasteiger partial charge in [-0.2, -0.15) is 4.98 Å². The summed E-state index contributed by atoms with van der Waals surface area (Å²) >= 11 is 12.0. The van der Waals surface area contributed by atoms with Crippen molar-refractivity contribution in [2.45, 2.75) is 25.9 Å². The maximum Gasteiger partial charge on any atom is 0.258 e. The summed E-state index contributed by atoms with van der Waals surface area (Å²) in [5, 5.41) is 4.65. The Balaban J connectivity index is 2.44. The van der Waals surface area contributed by atoms with Crippen molar-refractivity contribution in [2.24, 2.45) is 0 Å². The first-order valence-corrected chi connectivity index (χ1v) is 6.81. The number of hydrogen-bond acceptors (Lipinski definition) is 5. The van der Waals surface area contributed by atoms with Crippen LogP contribution in [0.25, 0.3) is 11.5 Å². The molecule has 1 aromatic carbocycles. The Hall–Kier alpha value is -1.30. The van der Waals surface area contributed by atoms with Gasteiger partial charge in [-0.25, -0.2) is 0 Å². The molecule has 0 amide bonds. The van der Waals surface area contributed by atoms with Gasteiger partial charge in [0.25, 0.3) is 5.89 Å². The predicted octanol–water partition coefficient (Wildman–Crippen LogP) is 3.90. The molecule has 0 spiro atoms. The zero-order valence-corrected chi connectivity index (χ0v) is 12.9. The van der Waals surface area contributed by atoms with Crippen LogP contribution in [0, 0.1) is 0 Å². The average Bonchev–Trinajstić information content (AvgIpc) is 2.93. The third-order valence-corrected chi connectivity index (χ3v) is 3.98. The van der Waals surface area contributed by atoms with Crippen LogP contribution in [0.1, 0.15) is 26.1 Å². The number of ether oxygens (including phenoxy) is 1. The number of nitrogens with zero attached hydrogens (tertiary/aromatic N) is 2. The van der Waals surface area contributed by atoms with Gasteiger partial charge >= 0.3 is 0 Å². The molecule has 2 N–H and O–H groups in total. The standard InChI is InChI=1S/C13H15Cl2N3O2/c1-4-13(2,19-3)12-17-11(20-18-12)7-5-8(14)10(16)9(15)6-7/h5-6H,4,16H2,1-3H3. The van der Waals surface area contributed by atoms with Gasteiger partial charge in [-0.15, -0.1) is 0 Å². The van der Waals surface area contributed by atoms with E-state index in [1.807, 2.05) is 13.8 Å². The molecule has 0 saturated carbocycles. The highest BCUT2D eigenvalue weighted by Gasteiger charge is 2.30. The zero-order valence-electron chi connectivity index (χ0n) is 11.4. The Morgan fingerprint density at radius 2 is 1.95 bits per heavy atom. The molecular weight excluding hydrogens is 301 g/mol. The van der Waals surface area contributed by atoms with Crippen molar-refractivity contribution in [3.63, 3.8) is 0 Å². The minimum atomic E-state index is -0.594. The van der Waals surface area contributed by atoms with E-state index in [1.165, 1.54) is 0 Å². The lowest BCUT2D eigenvalue weighted by Crippen LogP contribution is -2.24. The summed E-state index contributed by atoms with van der Waals surface area (Å²) in [7, 11) is 1.61.